The molecule has 1 N–H and O–H groups in total. The minimum Gasteiger partial charge on any atom is -0.390 e. The maximum Gasteiger partial charge on any atom is 0.153 e. The van der Waals surface area contributed by atoms with Gasteiger partial charge in [0.1, 0.15) is 5.69 Å². The van der Waals surface area contributed by atoms with Gasteiger partial charge in [0.25, 0.3) is 0 Å². The van der Waals surface area contributed by atoms with Crippen molar-refractivity contribution in [3.63, 3.8) is 0 Å². The van der Waals surface area contributed by atoms with Gasteiger partial charge in [-0.1, -0.05) is 19.8 Å². The summed E-state index contributed by atoms with van der Waals surface area (Å²) in [5, 5.41) is 9.97. The maximum atomic E-state index is 9.97. The minimum absolute atomic E-state index is 0.0856. The van der Waals surface area contributed by atoms with Crippen molar-refractivity contribution >= 4 is 5.82 Å². The number of hydrogen-bond acceptors (Lipinski definition) is 5. The highest BCUT2D eigenvalue weighted by Crippen LogP contribution is 2.50. The highest BCUT2D eigenvalue weighted by Gasteiger charge is 2.42. The Hall–Kier alpha value is -2.01. The van der Waals surface area contributed by atoms with E-state index in [2.05, 4.69) is 16.8 Å². The SMILES string of the molecule is Cc1cc(-c2nc(CO)c(N3CCC4(CCC[C@H]4C)CC3)nc2C)ccn1. The van der Waals surface area contributed by atoms with E-state index in [1.165, 1.54) is 32.1 Å². The number of hydrogen-bond donors (Lipinski definition) is 1. The number of anilines is 1. The Morgan fingerprint density at radius 2 is 1.96 bits per heavy atom. The van der Waals surface area contributed by atoms with E-state index >= 15 is 0 Å². The number of nitrogens with zero attached hydrogens (tertiary/aromatic N) is 4. The third kappa shape index (κ3) is 3.33. The molecule has 1 spiro atoms. The predicted octanol–water partition coefficient (Wildman–Crippen LogP) is 4.05. The number of rotatable bonds is 3. The zero-order valence-corrected chi connectivity index (χ0v) is 16.7. The first-order valence-electron chi connectivity index (χ1n) is 10.2. The first-order valence-corrected chi connectivity index (χ1v) is 10.2. The molecule has 5 nitrogen and oxygen atoms in total. The largest absolute Gasteiger partial charge is 0.390 e. The molecular formula is C22H30N4O. The van der Waals surface area contributed by atoms with Crippen LogP contribution in [0.5, 0.6) is 0 Å². The van der Waals surface area contributed by atoms with Crippen LogP contribution in [0.15, 0.2) is 18.3 Å². The molecule has 4 rings (SSSR count). The fourth-order valence-corrected chi connectivity index (χ4v) is 5.09. The van der Waals surface area contributed by atoms with Gasteiger partial charge in [0, 0.05) is 30.5 Å². The molecule has 144 valence electrons. The summed E-state index contributed by atoms with van der Waals surface area (Å²) < 4.78 is 0. The Kier molecular flexibility index (Phi) is 4.89. The topological polar surface area (TPSA) is 62.1 Å². The molecule has 1 aliphatic carbocycles. The summed E-state index contributed by atoms with van der Waals surface area (Å²) in [5.74, 6) is 1.70. The molecule has 0 aromatic carbocycles. The van der Waals surface area contributed by atoms with E-state index in [9.17, 15) is 5.11 Å². The molecule has 27 heavy (non-hydrogen) atoms. The van der Waals surface area contributed by atoms with Crippen molar-refractivity contribution in [2.45, 2.75) is 59.5 Å². The van der Waals surface area contributed by atoms with Crippen LogP contribution in [0.1, 0.15) is 56.1 Å². The van der Waals surface area contributed by atoms with Gasteiger partial charge in [0.05, 0.1) is 18.0 Å². The van der Waals surface area contributed by atoms with Gasteiger partial charge in [-0.05, 0) is 56.6 Å². The van der Waals surface area contributed by atoms with Crippen LogP contribution in [0, 0.1) is 25.2 Å². The Morgan fingerprint density at radius 1 is 1.19 bits per heavy atom. The summed E-state index contributed by atoms with van der Waals surface area (Å²) >= 11 is 0. The third-order valence-electron chi connectivity index (χ3n) is 6.86. The number of aliphatic hydroxyl groups is 1. The number of aryl methyl sites for hydroxylation is 2. The van der Waals surface area contributed by atoms with Crippen LogP contribution >= 0.6 is 0 Å². The van der Waals surface area contributed by atoms with E-state index in [0.717, 1.165) is 47.5 Å². The zero-order chi connectivity index (χ0) is 19.0. The van der Waals surface area contributed by atoms with Gasteiger partial charge >= 0.3 is 0 Å². The predicted molar refractivity (Wildman–Crippen MR) is 108 cm³/mol. The first-order chi connectivity index (χ1) is 13.0. The maximum absolute atomic E-state index is 9.97. The molecule has 0 radical (unpaired) electrons. The number of aromatic nitrogens is 3. The summed E-state index contributed by atoms with van der Waals surface area (Å²) in [5.41, 5.74) is 4.92. The Balaban J connectivity index is 1.61. The fourth-order valence-electron chi connectivity index (χ4n) is 5.09. The lowest BCUT2D eigenvalue weighted by atomic mass is 9.71. The second kappa shape index (κ2) is 7.19. The van der Waals surface area contributed by atoms with E-state index in [-0.39, 0.29) is 6.61 Å². The number of aliphatic hydroxyl groups excluding tert-OH is 1. The Labute approximate surface area is 161 Å². The lowest BCUT2D eigenvalue weighted by molar-refractivity contribution is 0.161. The van der Waals surface area contributed by atoms with E-state index in [1.807, 2.05) is 26.0 Å². The summed E-state index contributed by atoms with van der Waals surface area (Å²) in [6.07, 6.45) is 8.38. The second-order valence-corrected chi connectivity index (χ2v) is 8.41. The highest BCUT2D eigenvalue weighted by molar-refractivity contribution is 5.64. The van der Waals surface area contributed by atoms with Crippen LogP contribution in [0.2, 0.25) is 0 Å². The molecule has 1 atom stereocenters. The van der Waals surface area contributed by atoms with E-state index < -0.39 is 0 Å². The van der Waals surface area contributed by atoms with Crippen LogP contribution in [-0.4, -0.2) is 33.1 Å². The summed E-state index contributed by atoms with van der Waals surface area (Å²) in [4.78, 5) is 16.3. The number of pyridine rings is 1. The minimum atomic E-state index is -0.0856. The van der Waals surface area contributed by atoms with Gasteiger partial charge in [-0.2, -0.15) is 0 Å². The van der Waals surface area contributed by atoms with Gasteiger partial charge < -0.3 is 10.0 Å². The molecule has 5 heteroatoms. The normalized spacial score (nSPS) is 21.8. The molecule has 0 amide bonds. The van der Waals surface area contributed by atoms with Gasteiger partial charge in [0.2, 0.25) is 0 Å². The van der Waals surface area contributed by atoms with Crippen LogP contribution in [0.3, 0.4) is 0 Å². The van der Waals surface area contributed by atoms with Crippen molar-refractivity contribution in [1.82, 2.24) is 15.0 Å². The van der Waals surface area contributed by atoms with E-state index in [4.69, 9.17) is 9.97 Å². The van der Waals surface area contributed by atoms with Crippen molar-refractivity contribution in [2.75, 3.05) is 18.0 Å². The molecular weight excluding hydrogens is 336 g/mol. The molecule has 0 unspecified atom stereocenters. The van der Waals surface area contributed by atoms with Crippen molar-refractivity contribution in [1.29, 1.82) is 0 Å². The summed E-state index contributed by atoms with van der Waals surface area (Å²) in [6.45, 7) is 8.35. The average Bonchev–Trinajstić information content (AvgIpc) is 3.02. The van der Waals surface area contributed by atoms with Crippen molar-refractivity contribution in [2.24, 2.45) is 11.3 Å². The van der Waals surface area contributed by atoms with Crippen LogP contribution in [-0.2, 0) is 6.61 Å². The summed E-state index contributed by atoms with van der Waals surface area (Å²) in [7, 11) is 0. The zero-order valence-electron chi connectivity index (χ0n) is 16.7. The molecule has 2 aromatic rings. The van der Waals surface area contributed by atoms with Gasteiger partial charge in [-0.25, -0.2) is 9.97 Å². The van der Waals surface area contributed by atoms with Crippen molar-refractivity contribution in [3.8, 4) is 11.3 Å². The molecule has 3 heterocycles. The van der Waals surface area contributed by atoms with Gasteiger partial charge in [0.15, 0.2) is 5.82 Å². The van der Waals surface area contributed by atoms with Crippen molar-refractivity contribution in [3.05, 3.63) is 35.4 Å². The molecule has 1 saturated carbocycles. The molecule has 2 fully saturated rings. The second-order valence-electron chi connectivity index (χ2n) is 8.41. The first kappa shape index (κ1) is 18.4. The monoisotopic (exact) mass is 366 g/mol. The van der Waals surface area contributed by atoms with E-state index in [1.54, 1.807) is 6.20 Å². The Bertz CT molecular complexity index is 827. The van der Waals surface area contributed by atoms with Crippen LogP contribution in [0.4, 0.5) is 5.82 Å². The van der Waals surface area contributed by atoms with Gasteiger partial charge in [-0.15, -0.1) is 0 Å². The lowest BCUT2D eigenvalue weighted by Crippen LogP contribution is -2.42. The quantitative estimate of drug-likeness (QED) is 0.888. The van der Waals surface area contributed by atoms with Crippen LogP contribution < -0.4 is 4.90 Å². The molecule has 1 aliphatic heterocycles. The third-order valence-corrected chi connectivity index (χ3v) is 6.86. The average molecular weight is 367 g/mol. The molecule has 1 saturated heterocycles. The molecule has 0 bridgehead atoms. The summed E-state index contributed by atoms with van der Waals surface area (Å²) in [6, 6.07) is 3.97. The molecule has 2 aliphatic rings. The molecule has 2 aromatic heterocycles. The highest BCUT2D eigenvalue weighted by atomic mass is 16.3. The fraction of sp³-hybridized carbons (Fsp3) is 0.591. The smallest absolute Gasteiger partial charge is 0.153 e. The standard InChI is InChI=1S/C22H30N4O/c1-15-5-4-7-22(15)8-11-26(12-9-22)21-19(14-27)25-20(17(3)24-21)18-6-10-23-16(2)13-18/h6,10,13,15,27H,4-5,7-9,11-12,14H2,1-3H3/t15-/m1/s1. The van der Waals surface area contributed by atoms with E-state index in [0.29, 0.717) is 11.1 Å². The van der Waals surface area contributed by atoms with Crippen molar-refractivity contribution < 1.29 is 5.11 Å². The Morgan fingerprint density at radius 3 is 2.59 bits per heavy atom. The number of piperidine rings is 1. The lowest BCUT2D eigenvalue weighted by Gasteiger charge is -2.43. The van der Waals surface area contributed by atoms with Gasteiger partial charge in [-0.3, -0.25) is 4.98 Å². The van der Waals surface area contributed by atoms with Crippen LogP contribution in [0.25, 0.3) is 11.3 Å².